The van der Waals surface area contributed by atoms with Crippen molar-refractivity contribution in [3.05, 3.63) is 48.0 Å². The van der Waals surface area contributed by atoms with Crippen LogP contribution in [0.1, 0.15) is 32.3 Å². The summed E-state index contributed by atoms with van der Waals surface area (Å²) >= 11 is 1.77. The summed E-state index contributed by atoms with van der Waals surface area (Å²) in [6, 6.07) is 15.2. The minimum Gasteiger partial charge on any atom is -0.493 e. The van der Waals surface area contributed by atoms with E-state index in [1.54, 1.807) is 11.8 Å². The average Bonchev–Trinajstić information content (AvgIpc) is 2.55. The number of benzene rings is 2. The minimum atomic E-state index is 0.791. The van der Waals surface area contributed by atoms with E-state index in [1.165, 1.54) is 21.6 Å². The topological polar surface area (TPSA) is 9.23 Å². The van der Waals surface area contributed by atoms with Crippen molar-refractivity contribution in [2.75, 3.05) is 12.9 Å². The normalized spacial score (nSPS) is 10.6. The average molecular weight is 300 g/mol. The fourth-order valence-corrected chi connectivity index (χ4v) is 2.72. The Morgan fingerprint density at radius 2 is 1.90 bits per heavy atom. The predicted molar refractivity (Wildman–Crippen MR) is 93.4 cm³/mol. The van der Waals surface area contributed by atoms with E-state index in [0.29, 0.717) is 0 Å². The first-order valence-electron chi connectivity index (χ1n) is 7.68. The van der Waals surface area contributed by atoms with Crippen LogP contribution in [0.2, 0.25) is 0 Å². The van der Waals surface area contributed by atoms with Gasteiger partial charge in [0.2, 0.25) is 0 Å². The van der Waals surface area contributed by atoms with Crippen molar-refractivity contribution in [1.29, 1.82) is 0 Å². The number of hydrogen-bond acceptors (Lipinski definition) is 2. The Kier molecular flexibility index (Phi) is 6.19. The predicted octanol–water partition coefficient (Wildman–Crippen LogP) is 5.82. The van der Waals surface area contributed by atoms with Crippen molar-refractivity contribution in [3.63, 3.8) is 0 Å². The number of rotatable bonds is 7. The lowest BCUT2D eigenvalue weighted by Gasteiger charge is -2.13. The van der Waals surface area contributed by atoms with Gasteiger partial charge in [0, 0.05) is 10.5 Å². The van der Waals surface area contributed by atoms with Gasteiger partial charge in [0.1, 0.15) is 5.75 Å². The molecule has 0 N–H and O–H groups in total. The Hall–Kier alpha value is -1.41. The first-order chi connectivity index (χ1) is 10.3. The molecule has 1 nitrogen and oxygen atoms in total. The summed E-state index contributed by atoms with van der Waals surface area (Å²) in [4.78, 5) is 1.28. The number of hydrogen-bond donors (Lipinski definition) is 0. The molecule has 0 atom stereocenters. The quantitative estimate of drug-likeness (QED) is 0.471. The number of unbranched alkanes of at least 4 members (excludes halogenated alkanes) is 1. The SMILES string of the molecule is CCCCOc1cc(CC)ccc1-c1cccc(SC)c1. The number of aryl methyl sites for hydroxylation is 1. The Bertz CT molecular complexity index is 578. The summed E-state index contributed by atoms with van der Waals surface area (Å²) in [7, 11) is 0. The van der Waals surface area contributed by atoms with Crippen LogP contribution in [0.15, 0.2) is 47.4 Å². The van der Waals surface area contributed by atoms with E-state index in [4.69, 9.17) is 4.74 Å². The second-order valence-corrected chi connectivity index (χ2v) is 6.00. The molecule has 0 unspecified atom stereocenters. The number of ether oxygens (including phenoxy) is 1. The highest BCUT2D eigenvalue weighted by molar-refractivity contribution is 7.98. The maximum Gasteiger partial charge on any atom is 0.127 e. The zero-order valence-corrected chi connectivity index (χ0v) is 14.0. The molecular formula is C19H24OS. The van der Waals surface area contributed by atoms with E-state index in [0.717, 1.165) is 31.6 Å². The highest BCUT2D eigenvalue weighted by Crippen LogP contribution is 2.33. The van der Waals surface area contributed by atoms with Gasteiger partial charge >= 0.3 is 0 Å². The van der Waals surface area contributed by atoms with Crippen LogP contribution in [0, 0.1) is 0 Å². The van der Waals surface area contributed by atoms with Crippen molar-refractivity contribution in [2.24, 2.45) is 0 Å². The molecule has 2 heteroatoms. The van der Waals surface area contributed by atoms with Crippen LogP contribution in [0.4, 0.5) is 0 Å². The van der Waals surface area contributed by atoms with Crippen LogP contribution in [0.5, 0.6) is 5.75 Å². The summed E-state index contributed by atoms with van der Waals surface area (Å²) in [6.07, 6.45) is 5.40. The molecule has 0 aliphatic carbocycles. The van der Waals surface area contributed by atoms with E-state index < -0.39 is 0 Å². The van der Waals surface area contributed by atoms with Gasteiger partial charge in [-0.15, -0.1) is 11.8 Å². The molecule has 0 amide bonds. The molecular weight excluding hydrogens is 276 g/mol. The fraction of sp³-hybridized carbons (Fsp3) is 0.368. The van der Waals surface area contributed by atoms with E-state index in [2.05, 4.69) is 62.6 Å². The van der Waals surface area contributed by atoms with Crippen molar-refractivity contribution in [2.45, 2.75) is 38.0 Å². The lowest BCUT2D eigenvalue weighted by Crippen LogP contribution is -1.99. The van der Waals surface area contributed by atoms with Crippen LogP contribution in [0.3, 0.4) is 0 Å². The van der Waals surface area contributed by atoms with E-state index in [1.807, 2.05) is 0 Å². The van der Waals surface area contributed by atoms with Crippen molar-refractivity contribution >= 4 is 11.8 Å². The second kappa shape index (κ2) is 8.14. The lowest BCUT2D eigenvalue weighted by atomic mass is 10.0. The Labute approximate surface area is 132 Å². The van der Waals surface area contributed by atoms with Crippen LogP contribution in [-0.4, -0.2) is 12.9 Å². The van der Waals surface area contributed by atoms with Gasteiger partial charge in [0.05, 0.1) is 6.61 Å². The maximum atomic E-state index is 6.04. The lowest BCUT2D eigenvalue weighted by molar-refractivity contribution is 0.310. The third kappa shape index (κ3) is 4.28. The van der Waals surface area contributed by atoms with Crippen LogP contribution in [0.25, 0.3) is 11.1 Å². The summed E-state index contributed by atoms with van der Waals surface area (Å²) in [5, 5.41) is 0. The molecule has 0 aromatic heterocycles. The summed E-state index contributed by atoms with van der Waals surface area (Å²) < 4.78 is 6.04. The molecule has 0 saturated heterocycles. The van der Waals surface area contributed by atoms with E-state index in [-0.39, 0.29) is 0 Å². The molecule has 0 aliphatic heterocycles. The Morgan fingerprint density at radius 1 is 1.05 bits per heavy atom. The van der Waals surface area contributed by atoms with Crippen molar-refractivity contribution in [1.82, 2.24) is 0 Å². The minimum absolute atomic E-state index is 0.791. The van der Waals surface area contributed by atoms with Crippen LogP contribution < -0.4 is 4.74 Å². The number of thioether (sulfide) groups is 1. The molecule has 2 aromatic rings. The standard InChI is InChI=1S/C19H24OS/c1-4-6-12-20-19-13-15(5-2)10-11-18(19)16-8-7-9-17(14-16)21-3/h7-11,13-14H,4-6,12H2,1-3H3. The van der Waals surface area contributed by atoms with Gasteiger partial charge in [0.25, 0.3) is 0 Å². The van der Waals surface area contributed by atoms with E-state index >= 15 is 0 Å². The molecule has 0 aliphatic rings. The zero-order chi connectivity index (χ0) is 15.1. The highest BCUT2D eigenvalue weighted by atomic mass is 32.2. The molecule has 0 bridgehead atoms. The largest absolute Gasteiger partial charge is 0.493 e. The molecule has 112 valence electrons. The first kappa shape index (κ1) is 16.0. The van der Waals surface area contributed by atoms with Crippen molar-refractivity contribution in [3.8, 4) is 16.9 Å². The molecule has 0 fully saturated rings. The third-order valence-corrected chi connectivity index (χ3v) is 4.32. The smallest absolute Gasteiger partial charge is 0.127 e. The summed E-state index contributed by atoms with van der Waals surface area (Å²) in [6.45, 7) is 5.16. The molecule has 2 aromatic carbocycles. The van der Waals surface area contributed by atoms with Gasteiger partial charge in [-0.2, -0.15) is 0 Å². The van der Waals surface area contributed by atoms with Gasteiger partial charge in [-0.05, 0) is 48.4 Å². The second-order valence-electron chi connectivity index (χ2n) is 5.12. The van der Waals surface area contributed by atoms with Gasteiger partial charge in [-0.1, -0.05) is 44.5 Å². The zero-order valence-electron chi connectivity index (χ0n) is 13.2. The van der Waals surface area contributed by atoms with Crippen LogP contribution >= 0.6 is 11.8 Å². The molecule has 0 radical (unpaired) electrons. The fourth-order valence-electron chi connectivity index (χ4n) is 2.26. The monoisotopic (exact) mass is 300 g/mol. The van der Waals surface area contributed by atoms with Gasteiger partial charge < -0.3 is 4.74 Å². The van der Waals surface area contributed by atoms with Gasteiger partial charge in [-0.25, -0.2) is 0 Å². The third-order valence-electron chi connectivity index (χ3n) is 3.59. The molecule has 0 heterocycles. The summed E-state index contributed by atoms with van der Waals surface area (Å²) in [5.74, 6) is 1.01. The van der Waals surface area contributed by atoms with Gasteiger partial charge in [-0.3, -0.25) is 0 Å². The molecule has 0 spiro atoms. The highest BCUT2D eigenvalue weighted by Gasteiger charge is 2.08. The summed E-state index contributed by atoms with van der Waals surface area (Å²) in [5.41, 5.74) is 3.75. The maximum absolute atomic E-state index is 6.04. The Balaban J connectivity index is 2.35. The van der Waals surface area contributed by atoms with E-state index in [9.17, 15) is 0 Å². The van der Waals surface area contributed by atoms with Crippen molar-refractivity contribution < 1.29 is 4.74 Å². The first-order valence-corrected chi connectivity index (χ1v) is 8.91. The van der Waals surface area contributed by atoms with Gasteiger partial charge in [0.15, 0.2) is 0 Å². The molecule has 21 heavy (non-hydrogen) atoms. The Morgan fingerprint density at radius 3 is 2.62 bits per heavy atom. The molecule has 2 rings (SSSR count). The van der Waals surface area contributed by atoms with Crippen LogP contribution in [-0.2, 0) is 6.42 Å². The molecule has 0 saturated carbocycles.